The molecule has 0 heterocycles. The molecule has 0 spiro atoms. The summed E-state index contributed by atoms with van der Waals surface area (Å²) in [5.41, 5.74) is 4.07. The average Bonchev–Trinajstić information content (AvgIpc) is 2.51. The Hall–Kier alpha value is -2.41. The van der Waals surface area contributed by atoms with Gasteiger partial charge in [-0.25, -0.2) is 0 Å². The maximum Gasteiger partial charge on any atom is 0.189 e. The zero-order valence-electron chi connectivity index (χ0n) is 11.3. The number of rotatable bonds is 2. The minimum atomic E-state index is 0.171. The smallest absolute Gasteiger partial charge is 0.189 e. The van der Waals surface area contributed by atoms with Crippen LogP contribution in [0.4, 0.5) is 0 Å². The monoisotopic (exact) mass is 260 g/mol. The lowest BCUT2D eigenvalue weighted by molar-refractivity contribution is 0.102. The first-order valence-electron chi connectivity index (χ1n) is 6.89. The lowest BCUT2D eigenvalue weighted by atomic mass is 9.87. The van der Waals surface area contributed by atoms with Crippen molar-refractivity contribution in [3.05, 3.63) is 89.0 Å². The Kier molecular flexibility index (Phi) is 3.60. The molecule has 1 aliphatic carbocycles. The number of aryl methyl sites for hydroxylation is 1. The van der Waals surface area contributed by atoms with Crippen molar-refractivity contribution in [1.82, 2.24) is 0 Å². The summed E-state index contributed by atoms with van der Waals surface area (Å²) in [6.45, 7) is 0. The van der Waals surface area contributed by atoms with Gasteiger partial charge in [0, 0.05) is 11.1 Å². The van der Waals surface area contributed by atoms with Crippen molar-refractivity contribution in [2.24, 2.45) is 0 Å². The number of fused-ring (bicyclic) bond motifs is 1. The molecule has 0 aliphatic heterocycles. The van der Waals surface area contributed by atoms with Crippen molar-refractivity contribution < 1.29 is 4.79 Å². The molecular formula is C19H16O. The van der Waals surface area contributed by atoms with Crippen LogP contribution in [-0.4, -0.2) is 5.78 Å². The Morgan fingerprint density at radius 3 is 2.45 bits per heavy atom. The van der Waals surface area contributed by atoms with Crippen LogP contribution in [0.3, 0.4) is 0 Å². The van der Waals surface area contributed by atoms with Crippen LogP contribution in [0.1, 0.15) is 27.9 Å². The zero-order valence-corrected chi connectivity index (χ0v) is 11.3. The number of carbonyl (C=O) groups excluding carboxylic acids is 1. The molecule has 0 radical (unpaired) electrons. The SMILES string of the molecule is O=C1/C(=C/C=C\c2ccccc2)CCc2ccccc21. The third-order valence-electron chi connectivity index (χ3n) is 3.60. The van der Waals surface area contributed by atoms with Gasteiger partial charge < -0.3 is 0 Å². The van der Waals surface area contributed by atoms with E-state index in [0.29, 0.717) is 0 Å². The molecule has 20 heavy (non-hydrogen) atoms. The number of Topliss-reactive ketones (excluding diaryl/α,β-unsaturated/α-hetero) is 1. The molecule has 0 amide bonds. The molecule has 0 saturated heterocycles. The van der Waals surface area contributed by atoms with Gasteiger partial charge in [0.15, 0.2) is 5.78 Å². The van der Waals surface area contributed by atoms with Crippen molar-refractivity contribution in [3.8, 4) is 0 Å². The van der Waals surface area contributed by atoms with Gasteiger partial charge in [-0.2, -0.15) is 0 Å². The first-order valence-corrected chi connectivity index (χ1v) is 6.89. The largest absolute Gasteiger partial charge is 0.289 e. The van der Waals surface area contributed by atoms with Gasteiger partial charge in [0.2, 0.25) is 0 Å². The third-order valence-corrected chi connectivity index (χ3v) is 3.60. The first-order chi connectivity index (χ1) is 9.84. The minimum absolute atomic E-state index is 0.171. The second-order valence-corrected chi connectivity index (χ2v) is 4.95. The highest BCUT2D eigenvalue weighted by Crippen LogP contribution is 2.24. The molecular weight excluding hydrogens is 244 g/mol. The van der Waals surface area contributed by atoms with Crippen LogP contribution in [0.15, 0.2) is 72.3 Å². The van der Waals surface area contributed by atoms with Crippen LogP contribution in [0.5, 0.6) is 0 Å². The van der Waals surface area contributed by atoms with Gasteiger partial charge in [0.25, 0.3) is 0 Å². The van der Waals surface area contributed by atoms with Gasteiger partial charge >= 0.3 is 0 Å². The number of benzene rings is 2. The van der Waals surface area contributed by atoms with Crippen LogP contribution in [0.2, 0.25) is 0 Å². The summed E-state index contributed by atoms with van der Waals surface area (Å²) in [6, 6.07) is 18.0. The third kappa shape index (κ3) is 2.62. The fourth-order valence-electron chi connectivity index (χ4n) is 2.51. The maximum absolute atomic E-state index is 12.4. The second-order valence-electron chi connectivity index (χ2n) is 4.95. The molecule has 0 fully saturated rings. The summed E-state index contributed by atoms with van der Waals surface area (Å²) in [7, 11) is 0. The van der Waals surface area contributed by atoms with Crippen molar-refractivity contribution in [2.75, 3.05) is 0 Å². The predicted octanol–water partition coefficient (Wildman–Crippen LogP) is 4.46. The molecule has 2 aromatic carbocycles. The molecule has 0 aromatic heterocycles. The van der Waals surface area contributed by atoms with E-state index in [9.17, 15) is 4.79 Å². The molecule has 3 rings (SSSR count). The number of carbonyl (C=O) groups is 1. The van der Waals surface area contributed by atoms with Gasteiger partial charge in [-0.05, 0) is 24.0 Å². The topological polar surface area (TPSA) is 17.1 Å². The van der Waals surface area contributed by atoms with E-state index in [1.807, 2.05) is 72.8 Å². The van der Waals surface area contributed by atoms with Crippen molar-refractivity contribution in [3.63, 3.8) is 0 Å². The summed E-state index contributed by atoms with van der Waals surface area (Å²) in [5, 5.41) is 0. The van der Waals surface area contributed by atoms with Crippen molar-refractivity contribution in [1.29, 1.82) is 0 Å². The van der Waals surface area contributed by atoms with Crippen LogP contribution in [0.25, 0.3) is 6.08 Å². The lowest BCUT2D eigenvalue weighted by Gasteiger charge is -2.16. The minimum Gasteiger partial charge on any atom is -0.289 e. The standard InChI is InChI=1S/C19H16O/c20-19-17(11-6-9-15-7-2-1-3-8-15)14-13-16-10-4-5-12-18(16)19/h1-12H,13-14H2/b9-6-,17-11+. The van der Waals surface area contributed by atoms with Gasteiger partial charge in [-0.15, -0.1) is 0 Å². The molecule has 0 saturated carbocycles. The Balaban J connectivity index is 1.81. The normalized spacial score (nSPS) is 16.6. The van der Waals surface area contributed by atoms with E-state index in [1.54, 1.807) is 0 Å². The van der Waals surface area contributed by atoms with E-state index < -0.39 is 0 Å². The predicted molar refractivity (Wildman–Crippen MR) is 82.7 cm³/mol. The maximum atomic E-state index is 12.4. The summed E-state index contributed by atoms with van der Waals surface area (Å²) < 4.78 is 0. The molecule has 98 valence electrons. The molecule has 0 N–H and O–H groups in total. The Morgan fingerprint density at radius 2 is 1.60 bits per heavy atom. The van der Waals surface area contributed by atoms with Gasteiger partial charge in [0.1, 0.15) is 0 Å². The molecule has 1 heteroatoms. The highest BCUT2D eigenvalue weighted by Gasteiger charge is 2.20. The lowest BCUT2D eigenvalue weighted by Crippen LogP contribution is -2.13. The van der Waals surface area contributed by atoms with E-state index >= 15 is 0 Å². The van der Waals surface area contributed by atoms with E-state index in [0.717, 1.165) is 29.5 Å². The summed E-state index contributed by atoms with van der Waals surface area (Å²) >= 11 is 0. The Morgan fingerprint density at radius 1 is 0.850 bits per heavy atom. The fraction of sp³-hybridized carbons (Fsp3) is 0.105. The quantitative estimate of drug-likeness (QED) is 0.729. The van der Waals surface area contributed by atoms with Gasteiger partial charge in [-0.1, -0.05) is 72.8 Å². The highest BCUT2D eigenvalue weighted by molar-refractivity contribution is 6.10. The number of hydrogen-bond donors (Lipinski definition) is 0. The molecule has 1 nitrogen and oxygen atoms in total. The average molecular weight is 260 g/mol. The van der Waals surface area contributed by atoms with Crippen LogP contribution >= 0.6 is 0 Å². The molecule has 1 aliphatic rings. The van der Waals surface area contributed by atoms with Crippen molar-refractivity contribution >= 4 is 11.9 Å². The number of ketones is 1. The molecule has 0 atom stereocenters. The van der Waals surface area contributed by atoms with Crippen molar-refractivity contribution in [2.45, 2.75) is 12.8 Å². The van der Waals surface area contributed by atoms with Crippen LogP contribution in [-0.2, 0) is 6.42 Å². The van der Waals surface area contributed by atoms with E-state index in [4.69, 9.17) is 0 Å². The van der Waals surface area contributed by atoms with E-state index in [1.165, 1.54) is 5.56 Å². The van der Waals surface area contributed by atoms with Crippen LogP contribution < -0.4 is 0 Å². The molecule has 0 unspecified atom stereocenters. The second kappa shape index (κ2) is 5.70. The van der Waals surface area contributed by atoms with E-state index in [2.05, 4.69) is 0 Å². The first kappa shape index (κ1) is 12.6. The summed E-state index contributed by atoms with van der Waals surface area (Å²) in [5.74, 6) is 0.171. The summed E-state index contributed by atoms with van der Waals surface area (Å²) in [6.07, 6.45) is 7.73. The molecule has 2 aromatic rings. The summed E-state index contributed by atoms with van der Waals surface area (Å²) in [4.78, 5) is 12.4. The Bertz CT molecular complexity index is 678. The number of allylic oxidation sites excluding steroid dienone is 3. The fourth-order valence-corrected chi connectivity index (χ4v) is 2.51. The number of hydrogen-bond acceptors (Lipinski definition) is 1. The van der Waals surface area contributed by atoms with Crippen LogP contribution in [0, 0.1) is 0 Å². The Labute approximate surface area is 119 Å². The van der Waals surface area contributed by atoms with Gasteiger partial charge in [-0.3, -0.25) is 4.79 Å². The van der Waals surface area contributed by atoms with E-state index in [-0.39, 0.29) is 5.78 Å². The molecule has 0 bridgehead atoms. The van der Waals surface area contributed by atoms with Gasteiger partial charge in [0.05, 0.1) is 0 Å². The highest BCUT2D eigenvalue weighted by atomic mass is 16.1. The zero-order chi connectivity index (χ0) is 13.8.